The van der Waals surface area contributed by atoms with Gasteiger partial charge in [-0.1, -0.05) is 6.82 Å². The Morgan fingerprint density at radius 1 is 1.79 bits per heavy atom. The van der Waals surface area contributed by atoms with Gasteiger partial charge < -0.3 is 10.3 Å². The molecule has 0 aliphatic carbocycles. The second-order valence-electron chi connectivity index (χ2n) is 3.26. The van der Waals surface area contributed by atoms with E-state index in [1.807, 2.05) is 11.6 Å². The topological polar surface area (TPSA) is 45.1 Å². The maximum atomic E-state index is 8.02. The molecule has 0 radical (unpaired) electrons. The van der Waals surface area contributed by atoms with E-state index in [4.69, 9.17) is 5.02 Å². The lowest BCUT2D eigenvalue weighted by molar-refractivity contribution is 0.603. The zero-order valence-corrected chi connectivity index (χ0v) is 10.3. The first-order chi connectivity index (χ1) is 6.70. The standard InChI is InChI=1S/C7H10N2S.CH6BOP/c1-2-6(8-3-1)7-9-4-5-10-7;1-2(3)4/h4-6,8H,1-3H2;3H,4H2,1H3. The Labute approximate surface area is 91.6 Å². The van der Waals surface area contributed by atoms with Crippen molar-refractivity contribution < 1.29 is 5.02 Å². The van der Waals surface area contributed by atoms with Gasteiger partial charge in [0.05, 0.1) is 6.04 Å². The largest absolute Gasteiger partial charge is 0.447 e. The van der Waals surface area contributed by atoms with Crippen LogP contribution in [0.2, 0.25) is 6.82 Å². The predicted molar refractivity (Wildman–Crippen MR) is 65.6 cm³/mol. The Hall–Kier alpha value is 0.0449. The van der Waals surface area contributed by atoms with Gasteiger partial charge in [0, 0.05) is 11.6 Å². The molecule has 0 aromatic carbocycles. The number of aromatic nitrogens is 1. The molecular weight excluding hydrogens is 214 g/mol. The van der Waals surface area contributed by atoms with Crippen molar-refractivity contribution in [2.24, 2.45) is 0 Å². The molecule has 0 saturated carbocycles. The van der Waals surface area contributed by atoms with Crippen LogP contribution in [0.3, 0.4) is 0 Å². The van der Waals surface area contributed by atoms with E-state index in [1.165, 1.54) is 17.8 Å². The lowest BCUT2D eigenvalue weighted by Gasteiger charge is -2.03. The number of rotatable bonds is 1. The highest BCUT2D eigenvalue weighted by Gasteiger charge is 2.17. The van der Waals surface area contributed by atoms with Crippen LogP contribution in [0.5, 0.6) is 0 Å². The second kappa shape index (κ2) is 6.51. The summed E-state index contributed by atoms with van der Waals surface area (Å²) < 4.78 is 0. The van der Waals surface area contributed by atoms with Crippen molar-refractivity contribution in [2.75, 3.05) is 6.54 Å². The van der Waals surface area contributed by atoms with Crippen LogP contribution in [-0.4, -0.2) is 23.2 Å². The maximum absolute atomic E-state index is 8.02. The molecule has 0 amide bonds. The molecule has 2 heterocycles. The van der Waals surface area contributed by atoms with Crippen LogP contribution >= 0.6 is 20.5 Å². The summed E-state index contributed by atoms with van der Waals surface area (Å²) in [6.07, 6.45) is 4.43. The molecular formula is C8H16BN2OPS. The molecule has 14 heavy (non-hydrogen) atoms. The van der Waals surface area contributed by atoms with Gasteiger partial charge in [0.15, 0.2) is 0 Å². The smallest absolute Gasteiger partial charge is 0.308 e. The number of hydrogen-bond acceptors (Lipinski definition) is 4. The van der Waals surface area contributed by atoms with Gasteiger partial charge in [-0.25, -0.2) is 4.98 Å². The minimum absolute atomic E-state index is 0.250. The molecule has 1 aromatic heterocycles. The van der Waals surface area contributed by atoms with Gasteiger partial charge in [-0.15, -0.1) is 20.5 Å². The fourth-order valence-electron chi connectivity index (χ4n) is 1.30. The molecule has 2 N–H and O–H groups in total. The first kappa shape index (κ1) is 12.1. The van der Waals surface area contributed by atoms with Crippen molar-refractivity contribution >= 4 is 27.1 Å². The molecule has 1 aliphatic heterocycles. The van der Waals surface area contributed by atoms with Gasteiger partial charge in [-0.05, 0) is 19.4 Å². The van der Waals surface area contributed by atoms with Gasteiger partial charge in [-0.2, -0.15) is 0 Å². The molecule has 1 aromatic rings. The van der Waals surface area contributed by atoms with Crippen molar-refractivity contribution in [1.29, 1.82) is 0 Å². The molecule has 6 heteroatoms. The van der Waals surface area contributed by atoms with Gasteiger partial charge in [0.1, 0.15) is 5.01 Å². The first-order valence-corrected chi connectivity index (χ1v) is 6.31. The van der Waals surface area contributed by atoms with E-state index in [-0.39, 0.29) is 6.64 Å². The molecule has 0 spiro atoms. The van der Waals surface area contributed by atoms with Crippen LogP contribution in [0, 0.1) is 0 Å². The monoisotopic (exact) mass is 230 g/mol. The van der Waals surface area contributed by atoms with E-state index in [0.717, 1.165) is 6.54 Å². The highest BCUT2D eigenvalue weighted by atomic mass is 32.1. The Balaban J connectivity index is 0.000000213. The molecule has 2 rings (SSSR count). The highest BCUT2D eigenvalue weighted by Crippen LogP contribution is 2.23. The van der Waals surface area contributed by atoms with Crippen molar-refractivity contribution in [2.45, 2.75) is 25.7 Å². The van der Waals surface area contributed by atoms with E-state index in [1.54, 1.807) is 18.2 Å². The number of nitrogens with one attached hydrogen (secondary N) is 1. The van der Waals surface area contributed by atoms with Crippen LogP contribution in [0.4, 0.5) is 0 Å². The minimum atomic E-state index is -0.250. The Kier molecular flexibility index (Phi) is 5.64. The van der Waals surface area contributed by atoms with Crippen molar-refractivity contribution in [1.82, 2.24) is 10.3 Å². The Morgan fingerprint density at radius 2 is 2.50 bits per heavy atom. The molecule has 0 bridgehead atoms. The molecule has 1 saturated heterocycles. The summed E-state index contributed by atoms with van der Waals surface area (Å²) in [6.45, 7) is 2.59. The fraction of sp³-hybridized carbons (Fsp3) is 0.625. The van der Waals surface area contributed by atoms with E-state index in [9.17, 15) is 0 Å². The number of hydrogen-bond donors (Lipinski definition) is 2. The normalized spacial score (nSPS) is 20.1. The maximum Gasteiger partial charge on any atom is 0.308 e. The van der Waals surface area contributed by atoms with Gasteiger partial charge in [0.2, 0.25) is 0 Å². The lowest BCUT2D eigenvalue weighted by Crippen LogP contribution is -2.12. The van der Waals surface area contributed by atoms with E-state index >= 15 is 0 Å². The van der Waals surface area contributed by atoms with Gasteiger partial charge >= 0.3 is 6.64 Å². The Bertz CT molecular complexity index is 237. The summed E-state index contributed by atoms with van der Waals surface area (Å²) in [5, 5.41) is 14.7. The van der Waals surface area contributed by atoms with E-state index in [2.05, 4.69) is 19.4 Å². The second-order valence-corrected chi connectivity index (χ2v) is 5.15. The molecule has 3 nitrogen and oxygen atoms in total. The fourth-order valence-corrected chi connectivity index (χ4v) is 2.05. The molecule has 2 unspecified atom stereocenters. The summed E-state index contributed by atoms with van der Waals surface area (Å²) in [7, 11) is 2.21. The zero-order chi connectivity index (χ0) is 10.4. The van der Waals surface area contributed by atoms with Gasteiger partial charge in [0.25, 0.3) is 0 Å². The average molecular weight is 230 g/mol. The van der Waals surface area contributed by atoms with E-state index < -0.39 is 0 Å². The third kappa shape index (κ3) is 4.51. The summed E-state index contributed by atoms with van der Waals surface area (Å²) in [4.78, 5) is 4.25. The Morgan fingerprint density at radius 3 is 2.93 bits per heavy atom. The third-order valence-corrected chi connectivity index (χ3v) is 2.70. The average Bonchev–Trinajstić information content (AvgIpc) is 2.76. The molecule has 78 valence electrons. The van der Waals surface area contributed by atoms with Crippen LogP contribution in [0.25, 0.3) is 0 Å². The lowest BCUT2D eigenvalue weighted by atomic mass is 10.1. The van der Waals surface area contributed by atoms with Crippen LogP contribution in [-0.2, 0) is 0 Å². The quantitative estimate of drug-likeness (QED) is 0.568. The first-order valence-electron chi connectivity index (χ1n) is 4.76. The zero-order valence-electron chi connectivity index (χ0n) is 8.31. The van der Waals surface area contributed by atoms with Crippen molar-refractivity contribution in [3.63, 3.8) is 0 Å². The molecule has 2 atom stereocenters. The summed E-state index contributed by atoms with van der Waals surface area (Å²) >= 11 is 1.75. The van der Waals surface area contributed by atoms with Crippen molar-refractivity contribution in [3.05, 3.63) is 16.6 Å². The highest BCUT2D eigenvalue weighted by molar-refractivity contribution is 7.59. The van der Waals surface area contributed by atoms with E-state index in [0.29, 0.717) is 6.04 Å². The third-order valence-electron chi connectivity index (χ3n) is 1.81. The summed E-state index contributed by atoms with van der Waals surface area (Å²) in [5.74, 6) is 0. The van der Waals surface area contributed by atoms with Gasteiger partial charge in [-0.3, -0.25) is 0 Å². The summed E-state index contributed by atoms with van der Waals surface area (Å²) in [6, 6.07) is 0.556. The van der Waals surface area contributed by atoms with Crippen molar-refractivity contribution in [3.8, 4) is 0 Å². The van der Waals surface area contributed by atoms with Crippen LogP contribution in [0.15, 0.2) is 11.6 Å². The predicted octanol–water partition coefficient (Wildman–Crippen LogP) is 1.54. The van der Waals surface area contributed by atoms with Crippen LogP contribution < -0.4 is 5.32 Å². The van der Waals surface area contributed by atoms with Crippen LogP contribution in [0.1, 0.15) is 23.9 Å². The SMILES string of the molecule is CB(O)P.c1csc(C2CCCN2)n1. The molecule has 1 aliphatic rings. The summed E-state index contributed by atoms with van der Waals surface area (Å²) in [5.41, 5.74) is 0. The number of nitrogens with zero attached hydrogens (tertiary/aromatic N) is 1. The minimum Gasteiger partial charge on any atom is -0.447 e. The molecule has 1 fully saturated rings. The number of thiazole rings is 1.